The first-order valence-electron chi connectivity index (χ1n) is 6.40. The van der Waals surface area contributed by atoms with Gasteiger partial charge in [0.25, 0.3) is 0 Å². The van der Waals surface area contributed by atoms with Crippen molar-refractivity contribution in [3.05, 3.63) is 22.2 Å². The van der Waals surface area contributed by atoms with Gasteiger partial charge in [0.15, 0.2) is 5.52 Å². The topological polar surface area (TPSA) is 106 Å². The van der Waals surface area contributed by atoms with Crippen molar-refractivity contribution in [3.63, 3.8) is 0 Å². The SMILES string of the molecule is CC(O)C1CCN(c2ccc([N+](=O)[O-])c3nonc23)C1. The lowest BCUT2D eigenvalue weighted by atomic mass is 10.0. The molecule has 2 heterocycles. The van der Waals surface area contributed by atoms with Gasteiger partial charge in [-0.3, -0.25) is 10.1 Å². The zero-order valence-corrected chi connectivity index (χ0v) is 10.9. The van der Waals surface area contributed by atoms with E-state index in [-0.39, 0.29) is 23.2 Å². The Morgan fingerprint density at radius 1 is 1.50 bits per heavy atom. The number of nitrogens with zero attached hydrogens (tertiary/aromatic N) is 4. The highest BCUT2D eigenvalue weighted by Crippen LogP contribution is 2.34. The van der Waals surface area contributed by atoms with Crippen LogP contribution in [0.1, 0.15) is 13.3 Å². The summed E-state index contributed by atoms with van der Waals surface area (Å²) >= 11 is 0. The largest absolute Gasteiger partial charge is 0.393 e. The first-order chi connectivity index (χ1) is 9.58. The number of aromatic nitrogens is 2. The van der Waals surface area contributed by atoms with Crippen LogP contribution >= 0.6 is 0 Å². The Balaban J connectivity index is 2.00. The number of hydrogen-bond acceptors (Lipinski definition) is 7. The number of aliphatic hydroxyl groups is 1. The van der Waals surface area contributed by atoms with E-state index < -0.39 is 4.92 Å². The molecule has 1 saturated heterocycles. The molecule has 0 amide bonds. The molecule has 2 unspecified atom stereocenters. The summed E-state index contributed by atoms with van der Waals surface area (Å²) in [6.07, 6.45) is 0.505. The zero-order chi connectivity index (χ0) is 14.3. The number of nitro groups is 1. The van der Waals surface area contributed by atoms with Crippen LogP contribution in [0.5, 0.6) is 0 Å². The van der Waals surface area contributed by atoms with Crippen LogP contribution in [0.15, 0.2) is 16.8 Å². The van der Waals surface area contributed by atoms with Crippen LogP contribution in [0.3, 0.4) is 0 Å². The first-order valence-corrected chi connectivity index (χ1v) is 6.40. The van der Waals surface area contributed by atoms with E-state index in [0.29, 0.717) is 12.1 Å². The van der Waals surface area contributed by atoms with E-state index in [4.69, 9.17) is 0 Å². The monoisotopic (exact) mass is 278 g/mol. The van der Waals surface area contributed by atoms with Crippen molar-refractivity contribution in [3.8, 4) is 0 Å². The van der Waals surface area contributed by atoms with Gasteiger partial charge in [-0.25, -0.2) is 4.63 Å². The number of fused-ring (bicyclic) bond motifs is 1. The first kappa shape index (κ1) is 12.8. The maximum Gasteiger partial charge on any atom is 0.300 e. The number of nitro benzene ring substituents is 1. The molecule has 0 saturated carbocycles. The Hall–Kier alpha value is -2.22. The molecule has 1 aliphatic heterocycles. The van der Waals surface area contributed by atoms with E-state index in [2.05, 4.69) is 14.9 Å². The molecule has 2 atom stereocenters. The molecule has 0 aliphatic carbocycles. The van der Waals surface area contributed by atoms with E-state index in [0.717, 1.165) is 18.7 Å². The smallest absolute Gasteiger partial charge is 0.300 e. The van der Waals surface area contributed by atoms with Crippen molar-refractivity contribution >= 4 is 22.4 Å². The van der Waals surface area contributed by atoms with E-state index in [9.17, 15) is 15.2 Å². The van der Waals surface area contributed by atoms with Crippen LogP contribution in [0, 0.1) is 16.0 Å². The summed E-state index contributed by atoms with van der Waals surface area (Å²) in [6, 6.07) is 3.08. The summed E-state index contributed by atoms with van der Waals surface area (Å²) in [4.78, 5) is 12.5. The summed E-state index contributed by atoms with van der Waals surface area (Å²) in [6.45, 7) is 3.24. The Kier molecular flexibility index (Phi) is 3.01. The number of anilines is 1. The molecule has 1 aromatic heterocycles. The average Bonchev–Trinajstić information content (AvgIpc) is 3.06. The third kappa shape index (κ3) is 1.97. The lowest BCUT2D eigenvalue weighted by Crippen LogP contribution is -2.24. The molecule has 0 radical (unpaired) electrons. The van der Waals surface area contributed by atoms with E-state index in [1.54, 1.807) is 13.0 Å². The van der Waals surface area contributed by atoms with Gasteiger partial charge >= 0.3 is 5.69 Å². The molecule has 1 N–H and O–H groups in total. The van der Waals surface area contributed by atoms with E-state index in [1.165, 1.54) is 6.07 Å². The Morgan fingerprint density at radius 3 is 2.90 bits per heavy atom. The molecule has 0 bridgehead atoms. The molecule has 3 rings (SSSR count). The fourth-order valence-electron chi connectivity index (χ4n) is 2.64. The minimum atomic E-state index is -0.501. The highest BCUT2D eigenvalue weighted by Gasteiger charge is 2.29. The third-order valence-electron chi connectivity index (χ3n) is 3.82. The molecule has 0 spiro atoms. The number of hydrogen-bond donors (Lipinski definition) is 1. The van der Waals surface area contributed by atoms with Gasteiger partial charge in [0.1, 0.15) is 0 Å². The van der Waals surface area contributed by atoms with E-state index in [1.807, 2.05) is 4.90 Å². The Morgan fingerprint density at radius 2 is 2.25 bits per heavy atom. The van der Waals surface area contributed by atoms with Crippen LogP contribution in [-0.2, 0) is 0 Å². The summed E-state index contributed by atoms with van der Waals surface area (Å²) in [5, 5.41) is 28.0. The minimum absolute atomic E-state index is 0.115. The van der Waals surface area contributed by atoms with Crippen molar-refractivity contribution in [1.82, 2.24) is 10.3 Å². The van der Waals surface area contributed by atoms with Gasteiger partial charge < -0.3 is 10.0 Å². The Labute approximate surface area is 114 Å². The van der Waals surface area contributed by atoms with Gasteiger partial charge in [-0.2, -0.15) is 0 Å². The molecule has 1 aromatic carbocycles. The second kappa shape index (κ2) is 4.71. The normalized spacial score (nSPS) is 20.5. The highest BCUT2D eigenvalue weighted by atomic mass is 16.6. The summed E-state index contributed by atoms with van der Waals surface area (Å²) in [5.74, 6) is 0.195. The molecule has 2 aromatic rings. The number of aliphatic hydroxyl groups excluding tert-OH is 1. The van der Waals surface area contributed by atoms with Gasteiger partial charge in [-0.15, -0.1) is 0 Å². The molecular formula is C12H14N4O4. The Bertz CT molecular complexity index is 654. The minimum Gasteiger partial charge on any atom is -0.393 e. The predicted octanol–water partition coefficient (Wildman–Crippen LogP) is 1.34. The number of benzene rings is 1. The summed E-state index contributed by atoms with van der Waals surface area (Å²) < 4.78 is 4.65. The molecular weight excluding hydrogens is 264 g/mol. The van der Waals surface area contributed by atoms with Gasteiger partial charge in [0.2, 0.25) is 5.52 Å². The van der Waals surface area contributed by atoms with Gasteiger partial charge in [-0.1, -0.05) is 0 Å². The van der Waals surface area contributed by atoms with Crippen molar-refractivity contribution in [2.24, 2.45) is 5.92 Å². The standard InChI is InChI=1S/C12H14N4O4/c1-7(17)8-4-5-15(6-8)9-2-3-10(16(18)19)12-11(9)13-20-14-12/h2-3,7-8,17H,4-6H2,1H3. The molecule has 8 nitrogen and oxygen atoms in total. The van der Waals surface area contributed by atoms with Gasteiger partial charge in [-0.05, 0) is 29.7 Å². The zero-order valence-electron chi connectivity index (χ0n) is 10.9. The fraction of sp³-hybridized carbons (Fsp3) is 0.500. The molecule has 8 heteroatoms. The lowest BCUT2D eigenvalue weighted by Gasteiger charge is -2.19. The highest BCUT2D eigenvalue weighted by molar-refractivity contribution is 5.93. The van der Waals surface area contributed by atoms with Gasteiger partial charge in [0, 0.05) is 25.1 Å². The van der Waals surface area contributed by atoms with Crippen LogP contribution in [0.4, 0.5) is 11.4 Å². The van der Waals surface area contributed by atoms with Crippen LogP contribution in [0.2, 0.25) is 0 Å². The molecule has 106 valence electrons. The summed E-state index contributed by atoms with van der Waals surface area (Å²) in [7, 11) is 0. The van der Waals surface area contributed by atoms with Crippen molar-refractivity contribution in [2.75, 3.05) is 18.0 Å². The van der Waals surface area contributed by atoms with Crippen LogP contribution in [0.25, 0.3) is 11.0 Å². The molecule has 1 fully saturated rings. The quantitative estimate of drug-likeness (QED) is 0.667. The summed E-state index contributed by atoms with van der Waals surface area (Å²) in [5.41, 5.74) is 1.20. The average molecular weight is 278 g/mol. The predicted molar refractivity (Wildman–Crippen MR) is 70.5 cm³/mol. The lowest BCUT2D eigenvalue weighted by molar-refractivity contribution is -0.383. The number of non-ortho nitro benzene ring substituents is 1. The second-order valence-electron chi connectivity index (χ2n) is 5.06. The van der Waals surface area contributed by atoms with Crippen molar-refractivity contribution < 1.29 is 14.7 Å². The molecule has 1 aliphatic rings. The van der Waals surface area contributed by atoms with Crippen LogP contribution < -0.4 is 4.90 Å². The maximum absolute atomic E-state index is 10.9. The fourth-order valence-corrected chi connectivity index (χ4v) is 2.64. The van der Waals surface area contributed by atoms with Crippen molar-refractivity contribution in [2.45, 2.75) is 19.4 Å². The van der Waals surface area contributed by atoms with Crippen molar-refractivity contribution in [1.29, 1.82) is 0 Å². The second-order valence-corrected chi connectivity index (χ2v) is 5.06. The third-order valence-corrected chi connectivity index (χ3v) is 3.82. The molecule has 20 heavy (non-hydrogen) atoms. The van der Waals surface area contributed by atoms with Crippen LogP contribution in [-0.4, -0.2) is 39.5 Å². The van der Waals surface area contributed by atoms with E-state index >= 15 is 0 Å². The van der Waals surface area contributed by atoms with Gasteiger partial charge in [0.05, 0.1) is 16.7 Å². The number of rotatable bonds is 3. The maximum atomic E-state index is 10.9.